The number of allylic oxidation sites excluding steroid dienone is 1. The van der Waals surface area contributed by atoms with E-state index in [0.717, 1.165) is 35.1 Å². The Morgan fingerprint density at radius 3 is 1.72 bits per heavy atom. The van der Waals surface area contributed by atoms with Crippen molar-refractivity contribution in [3.05, 3.63) is 133 Å². The minimum Gasteiger partial charge on any atom is -0.399 e. The fourth-order valence-electron chi connectivity index (χ4n) is 7.50. The van der Waals surface area contributed by atoms with Crippen LogP contribution in [0.2, 0.25) is 0 Å². The zero-order chi connectivity index (χ0) is 31.9. The van der Waals surface area contributed by atoms with Crippen LogP contribution in [0.1, 0.15) is 45.4 Å². The molecule has 9 rings (SSSR count). The number of hydrogen-bond donors (Lipinski definition) is 0. The Kier molecular flexibility index (Phi) is 6.24. The first kappa shape index (κ1) is 28.4. The topological polar surface area (TPSA) is 28.3 Å². The average Bonchev–Trinajstić information content (AvgIpc) is 3.68. The zero-order valence-corrected chi connectivity index (χ0v) is 27.3. The van der Waals surface area contributed by atoms with Crippen LogP contribution in [0.25, 0.3) is 61.3 Å². The smallest absolute Gasteiger partial charge is 0.399 e. The van der Waals surface area contributed by atoms with E-state index in [1.165, 1.54) is 49.7 Å². The molecule has 2 aliphatic rings. The van der Waals surface area contributed by atoms with E-state index in [1.807, 2.05) is 0 Å². The van der Waals surface area contributed by atoms with Gasteiger partial charge in [0.1, 0.15) is 0 Å². The van der Waals surface area contributed by atoms with Gasteiger partial charge in [0.25, 0.3) is 0 Å². The third-order valence-corrected chi connectivity index (χ3v) is 10.6. The van der Waals surface area contributed by atoms with E-state index >= 15 is 0 Å². The minimum absolute atomic E-state index is 0.379. The second kappa shape index (κ2) is 10.3. The highest BCUT2D eigenvalue weighted by Crippen LogP contribution is 2.39. The molecular weight excluding hydrogens is 575 g/mol. The Labute approximate surface area is 276 Å². The standard InChI is InChI=1S/C42H37BN2O2/c1-41(2)42(3,4)47-43(46-41)30-23-21-28(22-24-30)29-25-31(44-37-17-9-5-13-33(37)34-14-6-10-18-38(34)44)27-32(26-29)45-39-19-11-7-15-35(39)36-16-8-12-20-40(36)45/h5-11,13-19,21-27H,12,20H2,1-4H3. The summed E-state index contributed by atoms with van der Waals surface area (Å²) in [4.78, 5) is 0. The van der Waals surface area contributed by atoms with Crippen LogP contribution in [0.4, 0.5) is 0 Å². The van der Waals surface area contributed by atoms with Crippen molar-refractivity contribution in [3.8, 4) is 22.5 Å². The molecule has 47 heavy (non-hydrogen) atoms. The van der Waals surface area contributed by atoms with Gasteiger partial charge in [-0.2, -0.15) is 0 Å². The van der Waals surface area contributed by atoms with Crippen LogP contribution in [0.3, 0.4) is 0 Å². The molecule has 0 spiro atoms. The van der Waals surface area contributed by atoms with Crippen molar-refractivity contribution < 1.29 is 9.31 Å². The van der Waals surface area contributed by atoms with Crippen molar-refractivity contribution >= 4 is 51.4 Å². The molecular formula is C42H37BN2O2. The summed E-state index contributed by atoms with van der Waals surface area (Å²) in [6.45, 7) is 8.40. The second-order valence-electron chi connectivity index (χ2n) is 14.0. The molecule has 0 radical (unpaired) electrons. The number of fused-ring (bicyclic) bond motifs is 6. The van der Waals surface area contributed by atoms with Gasteiger partial charge in [-0.3, -0.25) is 0 Å². The maximum atomic E-state index is 6.37. The first-order valence-electron chi connectivity index (χ1n) is 16.7. The first-order chi connectivity index (χ1) is 22.8. The number of hydrogen-bond acceptors (Lipinski definition) is 2. The van der Waals surface area contributed by atoms with Gasteiger partial charge in [-0.1, -0.05) is 91.0 Å². The first-order valence-corrected chi connectivity index (χ1v) is 16.7. The van der Waals surface area contributed by atoms with E-state index in [1.54, 1.807) is 0 Å². The van der Waals surface area contributed by atoms with Crippen LogP contribution in [-0.2, 0) is 15.7 Å². The highest BCUT2D eigenvalue weighted by Gasteiger charge is 2.51. The molecule has 0 N–H and O–H groups in total. The molecule has 1 aliphatic carbocycles. The van der Waals surface area contributed by atoms with Crippen LogP contribution in [-0.4, -0.2) is 27.5 Å². The number of para-hydroxylation sites is 3. The number of rotatable bonds is 4. The largest absolute Gasteiger partial charge is 0.494 e. The molecule has 0 saturated carbocycles. The quantitative estimate of drug-likeness (QED) is 0.185. The van der Waals surface area contributed by atoms with Gasteiger partial charge in [-0.05, 0) is 93.5 Å². The van der Waals surface area contributed by atoms with Gasteiger partial charge in [-0.15, -0.1) is 0 Å². The SMILES string of the molecule is CC1(C)OB(c2ccc(-c3cc(-n4c5c(c6ccccc64)C=CCC5)cc(-n4c5ccccc5c5ccccc54)c3)cc2)OC1(C)C. The molecule has 1 fully saturated rings. The van der Waals surface area contributed by atoms with Crippen LogP contribution >= 0.6 is 0 Å². The van der Waals surface area contributed by atoms with Crippen molar-refractivity contribution in [1.82, 2.24) is 9.13 Å². The molecule has 0 amide bonds. The van der Waals surface area contributed by atoms with Gasteiger partial charge < -0.3 is 18.4 Å². The van der Waals surface area contributed by atoms with Gasteiger partial charge in [0, 0.05) is 38.8 Å². The molecule has 0 atom stereocenters. The Morgan fingerprint density at radius 1 is 0.574 bits per heavy atom. The highest BCUT2D eigenvalue weighted by atomic mass is 16.7. The van der Waals surface area contributed by atoms with Crippen LogP contribution in [0, 0.1) is 0 Å². The van der Waals surface area contributed by atoms with Gasteiger partial charge in [0.05, 0.1) is 27.8 Å². The zero-order valence-electron chi connectivity index (χ0n) is 27.3. The normalized spacial score (nSPS) is 16.8. The lowest BCUT2D eigenvalue weighted by atomic mass is 9.78. The predicted octanol–water partition coefficient (Wildman–Crippen LogP) is 9.65. The van der Waals surface area contributed by atoms with Crippen LogP contribution in [0.15, 0.2) is 121 Å². The molecule has 7 aromatic rings. The lowest BCUT2D eigenvalue weighted by Gasteiger charge is -2.32. The maximum Gasteiger partial charge on any atom is 0.494 e. The number of aromatic nitrogens is 2. The summed E-state index contributed by atoms with van der Waals surface area (Å²) in [5.74, 6) is 0. The highest BCUT2D eigenvalue weighted by molar-refractivity contribution is 6.62. The molecule has 5 heteroatoms. The molecule has 3 heterocycles. The van der Waals surface area contributed by atoms with Crippen LogP contribution in [0.5, 0.6) is 0 Å². The summed E-state index contributed by atoms with van der Waals surface area (Å²) < 4.78 is 17.7. The minimum atomic E-state index is -0.389. The maximum absolute atomic E-state index is 6.37. The van der Waals surface area contributed by atoms with E-state index in [9.17, 15) is 0 Å². The Balaban J connectivity index is 1.26. The van der Waals surface area contributed by atoms with Crippen LogP contribution < -0.4 is 5.46 Å². The van der Waals surface area contributed by atoms with Gasteiger partial charge >= 0.3 is 7.12 Å². The molecule has 230 valence electrons. The fourth-order valence-corrected chi connectivity index (χ4v) is 7.50. The summed E-state index contributed by atoms with van der Waals surface area (Å²) in [6.07, 6.45) is 6.67. The van der Waals surface area contributed by atoms with Crippen molar-refractivity contribution in [3.63, 3.8) is 0 Å². The predicted molar refractivity (Wildman–Crippen MR) is 196 cm³/mol. The van der Waals surface area contributed by atoms with Crippen molar-refractivity contribution in [1.29, 1.82) is 0 Å². The van der Waals surface area contributed by atoms with E-state index in [-0.39, 0.29) is 18.3 Å². The lowest BCUT2D eigenvalue weighted by molar-refractivity contribution is 0.00578. The summed E-state index contributed by atoms with van der Waals surface area (Å²) >= 11 is 0. The second-order valence-corrected chi connectivity index (χ2v) is 14.0. The number of nitrogens with zero attached hydrogens (tertiary/aromatic N) is 2. The molecule has 0 bridgehead atoms. The summed E-state index contributed by atoms with van der Waals surface area (Å²) in [7, 11) is -0.389. The Bertz CT molecular complexity index is 2310. The summed E-state index contributed by atoms with van der Waals surface area (Å²) in [6, 6.07) is 42.1. The molecule has 4 nitrogen and oxygen atoms in total. The molecule has 5 aromatic carbocycles. The van der Waals surface area contributed by atoms with E-state index in [4.69, 9.17) is 9.31 Å². The van der Waals surface area contributed by atoms with Gasteiger partial charge in [0.15, 0.2) is 0 Å². The van der Waals surface area contributed by atoms with E-state index in [2.05, 4.69) is 164 Å². The molecule has 2 aromatic heterocycles. The van der Waals surface area contributed by atoms with Crippen molar-refractivity contribution in [2.45, 2.75) is 51.7 Å². The fraction of sp³-hybridized carbons (Fsp3) is 0.190. The monoisotopic (exact) mass is 612 g/mol. The van der Waals surface area contributed by atoms with Crippen molar-refractivity contribution in [2.24, 2.45) is 0 Å². The van der Waals surface area contributed by atoms with Gasteiger partial charge in [0.2, 0.25) is 0 Å². The van der Waals surface area contributed by atoms with E-state index in [0.29, 0.717) is 0 Å². The third-order valence-electron chi connectivity index (χ3n) is 10.6. The van der Waals surface area contributed by atoms with E-state index < -0.39 is 0 Å². The third kappa shape index (κ3) is 4.37. The average molecular weight is 613 g/mol. The summed E-state index contributed by atoms with van der Waals surface area (Å²) in [5, 5.41) is 3.82. The Morgan fingerprint density at radius 2 is 1.11 bits per heavy atom. The number of benzene rings is 5. The van der Waals surface area contributed by atoms with Gasteiger partial charge in [-0.25, -0.2) is 0 Å². The molecule has 1 saturated heterocycles. The molecule has 0 unspecified atom stereocenters. The lowest BCUT2D eigenvalue weighted by Crippen LogP contribution is -2.41. The summed E-state index contributed by atoms with van der Waals surface area (Å²) in [5.41, 5.74) is 11.3. The van der Waals surface area contributed by atoms with Crippen molar-refractivity contribution in [2.75, 3.05) is 0 Å². The molecule has 1 aliphatic heterocycles. The Hall–Kier alpha value is -4.84.